The summed E-state index contributed by atoms with van der Waals surface area (Å²) in [5, 5.41) is 2.78. The number of hydrogen-bond acceptors (Lipinski definition) is 1. The summed E-state index contributed by atoms with van der Waals surface area (Å²) < 4.78 is 38.4. The van der Waals surface area contributed by atoms with Crippen molar-refractivity contribution >= 4 is 21.8 Å². The first-order chi connectivity index (χ1) is 9.29. The molecule has 1 saturated carbocycles. The quantitative estimate of drug-likeness (QED) is 0.861. The van der Waals surface area contributed by atoms with Gasteiger partial charge in [-0.25, -0.2) is 0 Å². The molecule has 0 heterocycles. The largest absolute Gasteiger partial charge is 0.416 e. The molecule has 2 nitrogen and oxygen atoms in total. The Bertz CT molecular complexity index is 512. The van der Waals surface area contributed by atoms with Crippen LogP contribution >= 0.6 is 15.9 Å². The predicted octanol–water partition coefficient (Wildman–Crippen LogP) is 4.39. The lowest BCUT2D eigenvalue weighted by atomic mass is 9.80. The van der Waals surface area contributed by atoms with Gasteiger partial charge < -0.3 is 5.32 Å². The summed E-state index contributed by atoms with van der Waals surface area (Å²) in [7, 11) is 0. The minimum atomic E-state index is -4.45. The minimum absolute atomic E-state index is 0.0160. The van der Waals surface area contributed by atoms with Crippen LogP contribution in [-0.2, 0) is 6.18 Å². The summed E-state index contributed by atoms with van der Waals surface area (Å²) in [6, 6.07) is 3.08. The Hall–Kier alpha value is -1.04. The van der Waals surface area contributed by atoms with Crippen LogP contribution in [0.1, 0.15) is 42.1 Å². The number of nitrogens with one attached hydrogen (secondary N) is 1. The van der Waals surface area contributed by atoms with Crippen LogP contribution in [0.2, 0.25) is 0 Å². The maximum absolute atomic E-state index is 12.7. The molecule has 0 saturated heterocycles. The van der Waals surface area contributed by atoms with Gasteiger partial charge in [0.2, 0.25) is 0 Å². The lowest BCUT2D eigenvalue weighted by Crippen LogP contribution is -2.40. The van der Waals surface area contributed by atoms with Crippen LogP contribution < -0.4 is 5.32 Å². The maximum Gasteiger partial charge on any atom is 0.416 e. The first-order valence-electron chi connectivity index (χ1n) is 6.46. The van der Waals surface area contributed by atoms with Crippen LogP contribution in [0.3, 0.4) is 0 Å². The average Bonchev–Trinajstić information content (AvgIpc) is 2.24. The molecule has 1 fully saturated rings. The topological polar surface area (TPSA) is 29.1 Å². The molecule has 20 heavy (non-hydrogen) atoms. The van der Waals surface area contributed by atoms with Crippen molar-refractivity contribution in [3.8, 4) is 0 Å². The Kier molecular flexibility index (Phi) is 4.42. The zero-order valence-electron chi connectivity index (χ0n) is 10.9. The maximum atomic E-state index is 12.7. The molecule has 1 aromatic rings. The molecular formula is C14H15BrF3NO. The summed E-state index contributed by atoms with van der Waals surface area (Å²) in [5.74, 6) is -0.0362. The van der Waals surface area contributed by atoms with E-state index in [1.165, 1.54) is 6.07 Å². The molecular weight excluding hydrogens is 335 g/mol. The molecule has 0 aromatic heterocycles. The number of benzene rings is 1. The monoisotopic (exact) mass is 349 g/mol. The molecule has 6 heteroatoms. The Morgan fingerprint density at radius 1 is 1.40 bits per heavy atom. The third-order valence-electron chi connectivity index (χ3n) is 3.75. The van der Waals surface area contributed by atoms with E-state index in [0.717, 1.165) is 31.4 Å². The average molecular weight is 350 g/mol. The number of rotatable bonds is 3. The summed E-state index contributed by atoms with van der Waals surface area (Å²) >= 11 is 3.13. The van der Waals surface area contributed by atoms with Crippen molar-refractivity contribution in [2.45, 2.75) is 38.4 Å². The number of carbonyl (C=O) groups is 1. The van der Waals surface area contributed by atoms with E-state index in [1.807, 2.05) is 6.92 Å². The summed E-state index contributed by atoms with van der Waals surface area (Å²) in [6.45, 7) is 1.89. The Labute approximate surface area is 123 Å². The van der Waals surface area contributed by atoms with Crippen molar-refractivity contribution in [2.75, 3.05) is 0 Å². The van der Waals surface area contributed by atoms with Crippen LogP contribution in [-0.4, -0.2) is 11.9 Å². The van der Waals surface area contributed by atoms with E-state index in [-0.39, 0.29) is 11.6 Å². The molecule has 0 aliphatic heterocycles. The highest BCUT2D eigenvalue weighted by Crippen LogP contribution is 2.32. The zero-order valence-corrected chi connectivity index (χ0v) is 12.5. The van der Waals surface area contributed by atoms with E-state index in [0.29, 0.717) is 10.4 Å². The fourth-order valence-corrected chi connectivity index (χ4v) is 2.64. The molecule has 1 aliphatic carbocycles. The molecule has 2 rings (SSSR count). The molecule has 110 valence electrons. The number of alkyl halides is 3. The van der Waals surface area contributed by atoms with Gasteiger partial charge in [0, 0.05) is 10.5 Å². The third-order valence-corrected chi connectivity index (χ3v) is 4.45. The van der Waals surface area contributed by atoms with E-state index in [2.05, 4.69) is 21.2 Å². The van der Waals surface area contributed by atoms with Crippen molar-refractivity contribution in [3.63, 3.8) is 0 Å². The number of halogens is 4. The molecule has 0 spiro atoms. The second-order valence-electron chi connectivity index (χ2n) is 5.15. The molecule has 1 amide bonds. The SMILES string of the molecule is CC(NC(=O)c1cc(C(F)(F)F)ccc1Br)C1CCC1. The van der Waals surface area contributed by atoms with Gasteiger partial charge >= 0.3 is 6.18 Å². The summed E-state index contributed by atoms with van der Waals surface area (Å²) in [4.78, 5) is 12.1. The lowest BCUT2D eigenvalue weighted by Gasteiger charge is -2.32. The standard InChI is InChI=1S/C14H15BrF3NO/c1-8(9-3-2-4-9)19-13(20)11-7-10(14(16,17)18)5-6-12(11)15/h5-9H,2-4H2,1H3,(H,19,20). The van der Waals surface area contributed by atoms with Crippen molar-refractivity contribution < 1.29 is 18.0 Å². The number of hydrogen-bond donors (Lipinski definition) is 1. The van der Waals surface area contributed by atoms with Crippen LogP contribution in [0.4, 0.5) is 13.2 Å². The van der Waals surface area contributed by atoms with Crippen molar-refractivity contribution in [2.24, 2.45) is 5.92 Å². The third kappa shape index (κ3) is 3.34. The van der Waals surface area contributed by atoms with Crippen molar-refractivity contribution in [3.05, 3.63) is 33.8 Å². The number of carbonyl (C=O) groups excluding carboxylic acids is 1. The van der Waals surface area contributed by atoms with Crippen molar-refractivity contribution in [1.29, 1.82) is 0 Å². The Balaban J connectivity index is 2.16. The first kappa shape index (κ1) is 15.4. The van der Waals surface area contributed by atoms with Crippen molar-refractivity contribution in [1.82, 2.24) is 5.32 Å². The van der Waals surface area contributed by atoms with Gasteiger partial charge in [0.15, 0.2) is 0 Å². The Morgan fingerprint density at radius 2 is 2.05 bits per heavy atom. The molecule has 0 bridgehead atoms. The summed E-state index contributed by atoms with van der Waals surface area (Å²) in [6.07, 6.45) is -1.18. The fourth-order valence-electron chi connectivity index (χ4n) is 2.22. The molecule has 1 N–H and O–H groups in total. The van der Waals surface area contributed by atoms with Crippen LogP contribution in [0.5, 0.6) is 0 Å². The van der Waals surface area contributed by atoms with Crippen LogP contribution in [0.25, 0.3) is 0 Å². The summed E-state index contributed by atoms with van der Waals surface area (Å²) in [5.41, 5.74) is -0.798. The van der Waals surface area contributed by atoms with Gasteiger partial charge in [0.1, 0.15) is 0 Å². The van der Waals surface area contributed by atoms with E-state index >= 15 is 0 Å². The van der Waals surface area contributed by atoms with Gasteiger partial charge in [-0.1, -0.05) is 6.42 Å². The second kappa shape index (κ2) is 5.76. The fraction of sp³-hybridized carbons (Fsp3) is 0.500. The van der Waals surface area contributed by atoms with Crippen LogP contribution in [0, 0.1) is 5.92 Å². The highest BCUT2D eigenvalue weighted by molar-refractivity contribution is 9.10. The highest BCUT2D eigenvalue weighted by atomic mass is 79.9. The first-order valence-corrected chi connectivity index (χ1v) is 7.26. The second-order valence-corrected chi connectivity index (χ2v) is 6.00. The smallest absolute Gasteiger partial charge is 0.349 e. The van der Waals surface area contributed by atoms with E-state index < -0.39 is 17.6 Å². The molecule has 1 unspecified atom stereocenters. The molecule has 1 atom stereocenters. The molecule has 1 aromatic carbocycles. The number of amides is 1. The molecule has 1 aliphatic rings. The zero-order chi connectivity index (χ0) is 14.9. The van der Waals surface area contributed by atoms with Gasteiger partial charge in [0.25, 0.3) is 5.91 Å². The van der Waals surface area contributed by atoms with Gasteiger partial charge in [0.05, 0.1) is 11.1 Å². The normalized spacial score (nSPS) is 17.4. The van der Waals surface area contributed by atoms with E-state index in [9.17, 15) is 18.0 Å². The lowest BCUT2D eigenvalue weighted by molar-refractivity contribution is -0.137. The Morgan fingerprint density at radius 3 is 2.55 bits per heavy atom. The minimum Gasteiger partial charge on any atom is -0.349 e. The highest BCUT2D eigenvalue weighted by Gasteiger charge is 2.32. The van der Waals surface area contributed by atoms with Crippen LogP contribution in [0.15, 0.2) is 22.7 Å². The van der Waals surface area contributed by atoms with Gasteiger partial charge in [-0.3, -0.25) is 4.79 Å². The van der Waals surface area contributed by atoms with Gasteiger partial charge in [-0.15, -0.1) is 0 Å². The van der Waals surface area contributed by atoms with E-state index in [1.54, 1.807) is 0 Å². The molecule has 0 radical (unpaired) electrons. The van der Waals surface area contributed by atoms with E-state index in [4.69, 9.17) is 0 Å². The van der Waals surface area contributed by atoms with Gasteiger partial charge in [-0.2, -0.15) is 13.2 Å². The van der Waals surface area contributed by atoms with Gasteiger partial charge in [-0.05, 0) is 59.8 Å². The predicted molar refractivity (Wildman–Crippen MR) is 73.4 cm³/mol.